The molecule has 0 unspecified atom stereocenters. The lowest BCUT2D eigenvalue weighted by atomic mass is 9.86. The first-order valence-corrected chi connectivity index (χ1v) is 8.30. The highest BCUT2D eigenvalue weighted by atomic mass is 35.5. The highest BCUT2D eigenvalue weighted by Gasteiger charge is 2.22. The van der Waals surface area contributed by atoms with Crippen LogP contribution in [0, 0.1) is 5.92 Å². The van der Waals surface area contributed by atoms with Crippen LogP contribution in [0.25, 0.3) is 22.3 Å². The maximum absolute atomic E-state index is 5.79. The summed E-state index contributed by atoms with van der Waals surface area (Å²) in [6, 6.07) is 8.56. The van der Waals surface area contributed by atoms with Gasteiger partial charge in [0.1, 0.15) is 0 Å². The second-order valence-corrected chi connectivity index (χ2v) is 6.37. The van der Waals surface area contributed by atoms with Crippen LogP contribution in [0.15, 0.2) is 42.9 Å². The van der Waals surface area contributed by atoms with E-state index in [-0.39, 0.29) is 12.4 Å². The molecule has 0 radical (unpaired) electrons. The molecule has 126 valence electrons. The summed E-state index contributed by atoms with van der Waals surface area (Å²) in [4.78, 5) is 8.64. The monoisotopic (exact) mass is 343 g/mol. The number of fused-ring (bicyclic) bond motifs is 1. The normalized spacial score (nSPS) is 20.7. The van der Waals surface area contributed by atoms with Crippen molar-refractivity contribution < 1.29 is 0 Å². The molecule has 1 aliphatic rings. The van der Waals surface area contributed by atoms with Gasteiger partial charge in [0.2, 0.25) is 0 Å². The van der Waals surface area contributed by atoms with Crippen molar-refractivity contribution >= 4 is 23.3 Å². The predicted octanol–water partition coefficient (Wildman–Crippen LogP) is 3.61. The smallest absolute Gasteiger partial charge is 0.159 e. The summed E-state index contributed by atoms with van der Waals surface area (Å²) < 4.78 is 2.15. The largest absolute Gasteiger partial charge is 0.330 e. The molecule has 0 atom stereocenters. The van der Waals surface area contributed by atoms with E-state index in [0.29, 0.717) is 12.0 Å². The Morgan fingerprint density at radius 2 is 1.83 bits per heavy atom. The molecule has 5 nitrogen and oxygen atoms in total. The van der Waals surface area contributed by atoms with Gasteiger partial charge >= 0.3 is 0 Å². The lowest BCUT2D eigenvalue weighted by Crippen LogP contribution is -2.23. The van der Waals surface area contributed by atoms with E-state index in [1.54, 1.807) is 12.4 Å². The molecule has 2 aromatic heterocycles. The fourth-order valence-corrected chi connectivity index (χ4v) is 3.46. The van der Waals surface area contributed by atoms with Crippen LogP contribution in [0.3, 0.4) is 0 Å². The molecule has 1 saturated carbocycles. The van der Waals surface area contributed by atoms with Crippen LogP contribution in [-0.2, 0) is 0 Å². The molecule has 0 bridgehead atoms. The Morgan fingerprint density at radius 3 is 2.54 bits per heavy atom. The molecule has 0 saturated heterocycles. The van der Waals surface area contributed by atoms with E-state index in [9.17, 15) is 0 Å². The number of halogens is 1. The molecular formula is C18H22ClN5. The molecule has 0 amide bonds. The Morgan fingerprint density at radius 1 is 1.08 bits per heavy atom. The van der Waals surface area contributed by atoms with Crippen molar-refractivity contribution in [3.8, 4) is 11.4 Å². The van der Waals surface area contributed by atoms with Gasteiger partial charge in [-0.3, -0.25) is 4.68 Å². The highest BCUT2D eigenvalue weighted by molar-refractivity contribution is 5.85. The van der Waals surface area contributed by atoms with E-state index >= 15 is 0 Å². The molecule has 2 N–H and O–H groups in total. The van der Waals surface area contributed by atoms with Crippen LogP contribution in [0.4, 0.5) is 0 Å². The number of nitrogens with zero attached hydrogens (tertiary/aromatic N) is 4. The Balaban J connectivity index is 0.00000169. The molecule has 1 aromatic carbocycles. The Bertz CT molecular complexity index is 794. The zero-order valence-corrected chi connectivity index (χ0v) is 14.3. The summed E-state index contributed by atoms with van der Waals surface area (Å²) >= 11 is 0. The molecule has 24 heavy (non-hydrogen) atoms. The summed E-state index contributed by atoms with van der Waals surface area (Å²) in [5, 5.41) is 5.92. The maximum atomic E-state index is 5.79. The van der Waals surface area contributed by atoms with Gasteiger partial charge in [0.25, 0.3) is 0 Å². The van der Waals surface area contributed by atoms with Crippen molar-refractivity contribution in [3.05, 3.63) is 42.9 Å². The third-order valence-electron chi connectivity index (χ3n) is 4.87. The van der Waals surface area contributed by atoms with E-state index in [1.165, 1.54) is 25.7 Å². The van der Waals surface area contributed by atoms with Gasteiger partial charge in [0.05, 0.1) is 11.6 Å². The molecule has 1 aliphatic carbocycles. The van der Waals surface area contributed by atoms with Crippen molar-refractivity contribution in [2.24, 2.45) is 11.7 Å². The molecule has 4 rings (SSSR count). The summed E-state index contributed by atoms with van der Waals surface area (Å²) in [5.74, 6) is 1.45. The Labute approximate surface area is 147 Å². The standard InChI is InChI=1S/C18H21N5.ClH/c19-11-13-2-5-16(6-3-13)23-12-15-10-14(4-7-17(15)22-23)18-20-8-1-9-21-18;/h1,4,7-10,12-13,16H,2-3,5-6,11,19H2;1H. The van der Waals surface area contributed by atoms with E-state index < -0.39 is 0 Å². The number of hydrogen-bond donors (Lipinski definition) is 1. The van der Waals surface area contributed by atoms with Gasteiger partial charge in [0, 0.05) is 29.5 Å². The first kappa shape index (κ1) is 16.9. The molecule has 0 aliphatic heterocycles. The predicted molar refractivity (Wildman–Crippen MR) is 98.1 cm³/mol. The molecule has 6 heteroatoms. The van der Waals surface area contributed by atoms with Crippen molar-refractivity contribution in [2.75, 3.05) is 6.54 Å². The average Bonchev–Trinajstić information content (AvgIpc) is 3.06. The van der Waals surface area contributed by atoms with Gasteiger partial charge in [-0.2, -0.15) is 5.10 Å². The second kappa shape index (κ2) is 7.28. The third kappa shape index (κ3) is 3.28. The minimum atomic E-state index is 0. The van der Waals surface area contributed by atoms with Gasteiger partial charge in [-0.15, -0.1) is 12.4 Å². The summed E-state index contributed by atoms with van der Waals surface area (Å²) in [6.45, 7) is 0.814. The Hall–Kier alpha value is -1.98. The minimum absolute atomic E-state index is 0. The van der Waals surface area contributed by atoms with Crippen LogP contribution in [0.5, 0.6) is 0 Å². The van der Waals surface area contributed by atoms with Crippen LogP contribution < -0.4 is 5.73 Å². The summed E-state index contributed by atoms with van der Waals surface area (Å²) in [6.07, 6.45) is 10.5. The Kier molecular flexibility index (Phi) is 5.11. The maximum Gasteiger partial charge on any atom is 0.159 e. The van der Waals surface area contributed by atoms with E-state index in [2.05, 4.69) is 33.0 Å². The first-order valence-electron chi connectivity index (χ1n) is 8.30. The number of nitrogens with two attached hydrogens (primary N) is 1. The minimum Gasteiger partial charge on any atom is -0.330 e. The molecule has 2 heterocycles. The average molecular weight is 344 g/mol. The van der Waals surface area contributed by atoms with Crippen molar-refractivity contribution in [2.45, 2.75) is 31.7 Å². The van der Waals surface area contributed by atoms with Crippen molar-refractivity contribution in [1.29, 1.82) is 0 Å². The SMILES string of the molecule is Cl.NCC1CCC(n2cc3cc(-c4ncccn4)ccc3n2)CC1. The number of benzene rings is 1. The molecular weight excluding hydrogens is 322 g/mol. The van der Waals surface area contributed by atoms with E-state index in [4.69, 9.17) is 10.8 Å². The van der Waals surface area contributed by atoms with E-state index in [0.717, 1.165) is 28.8 Å². The first-order chi connectivity index (χ1) is 11.3. The van der Waals surface area contributed by atoms with Gasteiger partial charge in [-0.25, -0.2) is 9.97 Å². The fourth-order valence-electron chi connectivity index (χ4n) is 3.46. The quantitative estimate of drug-likeness (QED) is 0.788. The zero-order chi connectivity index (χ0) is 15.6. The van der Waals surface area contributed by atoms with E-state index in [1.807, 2.05) is 12.1 Å². The van der Waals surface area contributed by atoms with Gasteiger partial charge in [0.15, 0.2) is 5.82 Å². The number of hydrogen-bond acceptors (Lipinski definition) is 4. The highest BCUT2D eigenvalue weighted by Crippen LogP contribution is 2.32. The summed E-state index contributed by atoms with van der Waals surface area (Å²) in [5.41, 5.74) is 7.85. The molecule has 1 fully saturated rings. The topological polar surface area (TPSA) is 69.6 Å². The van der Waals surface area contributed by atoms with Crippen LogP contribution >= 0.6 is 12.4 Å². The van der Waals surface area contributed by atoms with Crippen molar-refractivity contribution in [3.63, 3.8) is 0 Å². The fraction of sp³-hybridized carbons (Fsp3) is 0.389. The van der Waals surface area contributed by atoms with Gasteiger partial charge < -0.3 is 5.73 Å². The van der Waals surface area contributed by atoms with Crippen molar-refractivity contribution in [1.82, 2.24) is 19.7 Å². The molecule has 3 aromatic rings. The molecule has 0 spiro atoms. The van der Waals surface area contributed by atoms with Gasteiger partial charge in [-0.05, 0) is 62.4 Å². The van der Waals surface area contributed by atoms with Crippen LogP contribution in [-0.4, -0.2) is 26.3 Å². The summed E-state index contributed by atoms with van der Waals surface area (Å²) in [7, 11) is 0. The van der Waals surface area contributed by atoms with Crippen LogP contribution in [0.2, 0.25) is 0 Å². The lowest BCUT2D eigenvalue weighted by molar-refractivity contribution is 0.266. The van der Waals surface area contributed by atoms with Crippen LogP contribution in [0.1, 0.15) is 31.7 Å². The lowest BCUT2D eigenvalue weighted by Gasteiger charge is -2.27. The second-order valence-electron chi connectivity index (χ2n) is 6.37. The third-order valence-corrected chi connectivity index (χ3v) is 4.87. The zero-order valence-electron chi connectivity index (χ0n) is 13.5. The van der Waals surface area contributed by atoms with Gasteiger partial charge in [-0.1, -0.05) is 0 Å². The number of rotatable bonds is 3. The number of aromatic nitrogens is 4.